The summed E-state index contributed by atoms with van der Waals surface area (Å²) in [6.45, 7) is 0. The Labute approximate surface area is 145 Å². The third-order valence-electron chi connectivity index (χ3n) is 2.86. The predicted molar refractivity (Wildman–Crippen MR) is 87.1 cm³/mol. The number of amides is 1. The first kappa shape index (κ1) is 17.3. The second-order valence-corrected chi connectivity index (χ2v) is 5.22. The monoisotopic (exact) mass is 390 g/mol. The van der Waals surface area contributed by atoms with Crippen LogP contribution in [0.1, 0.15) is 16.1 Å². The van der Waals surface area contributed by atoms with E-state index in [0.717, 1.165) is 0 Å². The summed E-state index contributed by atoms with van der Waals surface area (Å²) >= 11 is 3.10. The van der Waals surface area contributed by atoms with E-state index in [0.29, 0.717) is 10.2 Å². The van der Waals surface area contributed by atoms with E-state index in [2.05, 4.69) is 15.9 Å². The molecular weight excluding hydrogens is 380 g/mol. The Morgan fingerprint density at radius 2 is 2.04 bits per heavy atom. The van der Waals surface area contributed by atoms with Crippen LogP contribution in [0.5, 0.6) is 11.5 Å². The largest absolute Gasteiger partial charge is 0.493 e. The number of carbonyl (C=O) groups is 2. The van der Waals surface area contributed by atoms with E-state index in [9.17, 15) is 9.59 Å². The van der Waals surface area contributed by atoms with Crippen molar-refractivity contribution in [3.8, 4) is 17.6 Å². The summed E-state index contributed by atoms with van der Waals surface area (Å²) in [5, 5.41) is 8.85. The lowest BCUT2D eigenvalue weighted by Gasteiger charge is -2.09. The fourth-order valence-electron chi connectivity index (χ4n) is 1.76. The number of hydrogen-bond donors (Lipinski definition) is 1. The Balaban J connectivity index is 2.28. The third-order valence-corrected chi connectivity index (χ3v) is 3.29. The summed E-state index contributed by atoms with van der Waals surface area (Å²) in [6, 6.07) is 9.24. The van der Waals surface area contributed by atoms with Crippen molar-refractivity contribution in [3.05, 3.63) is 51.9 Å². The lowest BCUT2D eigenvalue weighted by molar-refractivity contribution is -0.114. The zero-order valence-corrected chi connectivity index (χ0v) is 14.0. The lowest BCUT2D eigenvalue weighted by Crippen LogP contribution is -2.12. The molecule has 0 saturated carbocycles. The maximum Gasteiger partial charge on any atom is 0.379 e. The number of nitriles is 1. The summed E-state index contributed by atoms with van der Waals surface area (Å²) in [4.78, 5) is 23.1. The molecule has 0 atom stereocenters. The van der Waals surface area contributed by atoms with Gasteiger partial charge in [0.05, 0.1) is 7.11 Å². The number of halogens is 1. The van der Waals surface area contributed by atoms with Crippen molar-refractivity contribution >= 4 is 33.9 Å². The van der Waals surface area contributed by atoms with E-state index >= 15 is 0 Å². The first-order valence-corrected chi connectivity index (χ1v) is 7.31. The highest BCUT2D eigenvalue weighted by molar-refractivity contribution is 9.10. The van der Waals surface area contributed by atoms with E-state index < -0.39 is 11.9 Å². The quantitative estimate of drug-likeness (QED) is 0.363. The van der Waals surface area contributed by atoms with Crippen molar-refractivity contribution in [2.24, 2.45) is 5.73 Å². The van der Waals surface area contributed by atoms with Crippen LogP contribution in [0.25, 0.3) is 6.08 Å². The zero-order chi connectivity index (χ0) is 17.7. The van der Waals surface area contributed by atoms with Crippen molar-refractivity contribution < 1.29 is 23.5 Å². The molecule has 2 aromatic rings. The van der Waals surface area contributed by atoms with Crippen molar-refractivity contribution in [1.82, 2.24) is 0 Å². The highest BCUT2D eigenvalue weighted by Gasteiger charge is 2.16. The molecule has 122 valence electrons. The Kier molecular flexibility index (Phi) is 5.39. The number of benzene rings is 1. The van der Waals surface area contributed by atoms with Gasteiger partial charge in [-0.05, 0) is 51.8 Å². The van der Waals surface area contributed by atoms with Crippen molar-refractivity contribution in [2.45, 2.75) is 0 Å². The van der Waals surface area contributed by atoms with Crippen molar-refractivity contribution in [3.63, 3.8) is 0 Å². The Bertz CT molecular complexity index is 864. The molecule has 0 aliphatic heterocycles. The molecule has 0 bridgehead atoms. The highest BCUT2D eigenvalue weighted by atomic mass is 79.9. The smallest absolute Gasteiger partial charge is 0.379 e. The molecule has 1 aromatic carbocycles. The molecule has 0 fully saturated rings. The van der Waals surface area contributed by atoms with Gasteiger partial charge >= 0.3 is 5.97 Å². The second kappa shape index (κ2) is 7.48. The number of primary amides is 1. The van der Waals surface area contributed by atoms with Crippen LogP contribution in [0.3, 0.4) is 0 Å². The number of rotatable bonds is 5. The van der Waals surface area contributed by atoms with Gasteiger partial charge in [0.1, 0.15) is 11.6 Å². The van der Waals surface area contributed by atoms with Crippen LogP contribution < -0.4 is 15.2 Å². The first-order valence-electron chi connectivity index (χ1n) is 6.51. The molecule has 0 aliphatic carbocycles. The molecule has 24 heavy (non-hydrogen) atoms. The lowest BCUT2D eigenvalue weighted by atomic mass is 10.1. The van der Waals surface area contributed by atoms with Crippen LogP contribution in [0.15, 0.2) is 45.0 Å². The van der Waals surface area contributed by atoms with Crippen molar-refractivity contribution in [2.75, 3.05) is 7.11 Å². The average Bonchev–Trinajstić information content (AvgIpc) is 3.00. The van der Waals surface area contributed by atoms with Crippen LogP contribution in [-0.4, -0.2) is 19.0 Å². The molecule has 2 N–H and O–H groups in total. The number of nitrogens with two attached hydrogens (primary N) is 1. The van der Waals surface area contributed by atoms with E-state index in [1.54, 1.807) is 18.2 Å². The van der Waals surface area contributed by atoms with Gasteiger partial charge in [-0.25, -0.2) is 4.79 Å². The predicted octanol–water partition coefficient (Wildman–Crippen LogP) is 2.66. The first-order chi connectivity index (χ1) is 11.4. The molecule has 1 heterocycles. The molecule has 0 aliphatic rings. The number of methoxy groups -OCH3 is 1. The summed E-state index contributed by atoms with van der Waals surface area (Å²) in [5.74, 6) is -1.12. The van der Waals surface area contributed by atoms with Gasteiger partial charge in [0.15, 0.2) is 16.2 Å². The summed E-state index contributed by atoms with van der Waals surface area (Å²) in [6.07, 6.45) is 1.31. The molecule has 0 unspecified atom stereocenters. The summed E-state index contributed by atoms with van der Waals surface area (Å²) in [7, 11) is 1.39. The topological polar surface area (TPSA) is 116 Å². The standard InChI is InChI=1S/C16H11BrN2O5/c1-22-13-7-9(6-10(8-18)15(19)20)2-3-11(13)24-16(21)12-4-5-14(17)23-12/h2-7H,1H3,(H2,19,20)/b10-6+. The fourth-order valence-corrected chi connectivity index (χ4v) is 2.06. The highest BCUT2D eigenvalue weighted by Crippen LogP contribution is 2.30. The number of furan rings is 1. The summed E-state index contributed by atoms with van der Waals surface area (Å²) in [5.41, 5.74) is 5.37. The molecule has 1 amide bonds. The molecule has 2 rings (SSSR count). The minimum absolute atomic E-state index is 0.0217. The number of nitrogens with zero attached hydrogens (tertiary/aromatic N) is 1. The number of hydrogen-bond acceptors (Lipinski definition) is 6. The van der Waals surface area contributed by atoms with E-state index in [1.807, 2.05) is 0 Å². The van der Waals surface area contributed by atoms with E-state index in [4.69, 9.17) is 24.9 Å². The number of carbonyl (C=O) groups excluding carboxylic acids is 2. The van der Waals surface area contributed by atoms with Gasteiger partial charge in [-0.15, -0.1) is 0 Å². The third kappa shape index (κ3) is 4.02. The van der Waals surface area contributed by atoms with Crippen LogP contribution in [-0.2, 0) is 4.79 Å². The van der Waals surface area contributed by atoms with E-state index in [1.165, 1.54) is 31.4 Å². The normalized spacial score (nSPS) is 10.8. The second-order valence-electron chi connectivity index (χ2n) is 4.44. The molecule has 0 spiro atoms. The zero-order valence-electron chi connectivity index (χ0n) is 12.4. The van der Waals surface area contributed by atoms with Gasteiger partial charge in [0, 0.05) is 0 Å². The minimum Gasteiger partial charge on any atom is -0.493 e. The summed E-state index contributed by atoms with van der Waals surface area (Å²) < 4.78 is 15.9. The van der Waals surface area contributed by atoms with Gasteiger partial charge in [0.25, 0.3) is 5.91 Å². The van der Waals surface area contributed by atoms with Crippen LogP contribution in [0.4, 0.5) is 0 Å². The Morgan fingerprint density at radius 1 is 1.29 bits per heavy atom. The van der Waals surface area contributed by atoms with Gasteiger partial charge in [0.2, 0.25) is 5.76 Å². The molecule has 1 aromatic heterocycles. The number of esters is 1. The molecule has 7 nitrogen and oxygen atoms in total. The molecule has 0 saturated heterocycles. The minimum atomic E-state index is -0.838. The number of ether oxygens (including phenoxy) is 2. The fraction of sp³-hybridized carbons (Fsp3) is 0.0625. The van der Waals surface area contributed by atoms with Gasteiger partial charge in [-0.1, -0.05) is 6.07 Å². The van der Waals surface area contributed by atoms with Gasteiger partial charge in [-0.2, -0.15) is 5.26 Å². The Hall–Kier alpha value is -3.05. The maximum absolute atomic E-state index is 12.0. The van der Waals surface area contributed by atoms with Crippen molar-refractivity contribution in [1.29, 1.82) is 5.26 Å². The van der Waals surface area contributed by atoms with Crippen LogP contribution >= 0.6 is 15.9 Å². The van der Waals surface area contributed by atoms with Gasteiger partial charge < -0.3 is 19.6 Å². The van der Waals surface area contributed by atoms with E-state index in [-0.39, 0.29) is 22.8 Å². The van der Waals surface area contributed by atoms with Gasteiger partial charge in [-0.3, -0.25) is 4.79 Å². The van der Waals surface area contributed by atoms with Crippen LogP contribution in [0.2, 0.25) is 0 Å². The molecule has 8 heteroatoms. The maximum atomic E-state index is 12.0. The average molecular weight is 391 g/mol. The molecular formula is C16H11BrN2O5. The van der Waals surface area contributed by atoms with Crippen LogP contribution in [0, 0.1) is 11.3 Å². The Morgan fingerprint density at radius 3 is 2.58 bits per heavy atom. The molecule has 0 radical (unpaired) electrons. The SMILES string of the molecule is COc1cc(/C=C(\C#N)C(N)=O)ccc1OC(=O)c1ccc(Br)o1.